The molecule has 0 heterocycles. The topological polar surface area (TPSA) is 95.9 Å². The van der Waals surface area contributed by atoms with Crippen LogP contribution in [0.4, 0.5) is 0 Å². The van der Waals surface area contributed by atoms with E-state index >= 15 is 0 Å². The molecule has 69 heavy (non-hydrogen) atoms. The molecule has 0 aromatic heterocycles. The van der Waals surface area contributed by atoms with E-state index in [-0.39, 0.29) is 18.5 Å². The predicted molar refractivity (Wildman–Crippen MR) is 301 cm³/mol. The van der Waals surface area contributed by atoms with Gasteiger partial charge in [-0.2, -0.15) is 0 Å². The Bertz CT molecular complexity index is 1080. The first kappa shape index (κ1) is 67.3. The predicted octanol–water partition coefficient (Wildman–Crippen LogP) is 19.4. The number of hydrogen-bond acceptors (Lipinski definition) is 5. The molecule has 0 aromatic rings. The van der Waals surface area contributed by atoms with Crippen LogP contribution in [0.3, 0.4) is 0 Å². The lowest BCUT2D eigenvalue weighted by Gasteiger charge is -2.20. The van der Waals surface area contributed by atoms with Gasteiger partial charge in [0.25, 0.3) is 0 Å². The van der Waals surface area contributed by atoms with Crippen LogP contribution in [0.25, 0.3) is 0 Å². The number of unbranched alkanes of at least 4 members (excludes halogenated alkanes) is 45. The Hall–Kier alpha value is -1.66. The zero-order valence-electron chi connectivity index (χ0n) is 46.6. The third-order valence-corrected chi connectivity index (χ3v) is 14.5. The monoisotopic (exact) mass is 972 g/mol. The third-order valence-electron chi connectivity index (χ3n) is 14.5. The van der Waals surface area contributed by atoms with Crippen LogP contribution in [0.1, 0.15) is 341 Å². The summed E-state index contributed by atoms with van der Waals surface area (Å²) in [4.78, 5) is 24.5. The number of allylic oxidation sites excluding steroid dienone is 3. The molecule has 0 rings (SSSR count). The van der Waals surface area contributed by atoms with Gasteiger partial charge in [0.2, 0.25) is 5.91 Å². The lowest BCUT2D eigenvalue weighted by atomic mass is 10.0. The molecule has 0 aromatic carbocycles. The summed E-state index contributed by atoms with van der Waals surface area (Å²) in [5.74, 6) is -0.0865. The summed E-state index contributed by atoms with van der Waals surface area (Å²) in [6, 6.07) is -0.637. The normalized spacial score (nSPS) is 12.7. The fourth-order valence-electron chi connectivity index (χ4n) is 9.69. The van der Waals surface area contributed by atoms with Crippen LogP contribution in [-0.4, -0.2) is 47.4 Å². The molecule has 6 heteroatoms. The maximum atomic E-state index is 12.5. The van der Waals surface area contributed by atoms with Crippen molar-refractivity contribution in [3.63, 3.8) is 0 Å². The number of ether oxygens (including phenoxy) is 1. The van der Waals surface area contributed by atoms with E-state index in [9.17, 15) is 19.8 Å². The van der Waals surface area contributed by atoms with Crippen molar-refractivity contribution in [1.29, 1.82) is 0 Å². The molecule has 6 nitrogen and oxygen atoms in total. The molecular weight excluding hydrogens is 851 g/mol. The average molecular weight is 973 g/mol. The smallest absolute Gasteiger partial charge is 0.305 e. The van der Waals surface area contributed by atoms with Crippen molar-refractivity contribution in [3.8, 4) is 0 Å². The molecule has 0 spiro atoms. The number of nitrogens with one attached hydrogen (secondary N) is 1. The van der Waals surface area contributed by atoms with Crippen LogP contribution in [0, 0.1) is 0 Å². The average Bonchev–Trinajstić information content (AvgIpc) is 3.35. The van der Waals surface area contributed by atoms with Gasteiger partial charge in [0.15, 0.2) is 0 Å². The van der Waals surface area contributed by atoms with Crippen molar-refractivity contribution < 1.29 is 24.5 Å². The van der Waals surface area contributed by atoms with E-state index in [1.165, 1.54) is 257 Å². The number of rotatable bonds is 58. The second-order valence-electron chi connectivity index (χ2n) is 21.4. The second kappa shape index (κ2) is 58.9. The van der Waals surface area contributed by atoms with Gasteiger partial charge < -0.3 is 20.3 Å². The Morgan fingerprint density at radius 2 is 0.681 bits per heavy atom. The van der Waals surface area contributed by atoms with Gasteiger partial charge in [-0.3, -0.25) is 9.59 Å². The Morgan fingerprint density at radius 1 is 0.391 bits per heavy atom. The standard InChI is InChI=1S/C63H121NO5/c1-3-5-7-9-11-13-15-17-19-20-21-22-23-24-25-26-27-28-31-35-39-43-47-51-55-61(66)60(59-65)64-62(67)56-52-48-44-40-36-32-29-30-34-38-42-46-50-54-58-69-63(68)57-53-49-45-41-37-33-18-16-14-12-10-8-6-4-2/h16,18,51,55,60-61,65-66H,3-15,17,19-50,52-54,56-59H2,1-2H3,(H,64,67)/b18-16-,55-51+. The summed E-state index contributed by atoms with van der Waals surface area (Å²) in [5, 5.41) is 23.2. The number of aliphatic hydroxyl groups is 2. The third kappa shape index (κ3) is 55.5. The minimum absolute atomic E-state index is 0.0112. The molecule has 0 saturated heterocycles. The number of carbonyl (C=O) groups is 2. The first-order valence-corrected chi connectivity index (χ1v) is 31.1. The van der Waals surface area contributed by atoms with Crippen molar-refractivity contribution in [2.24, 2.45) is 0 Å². The lowest BCUT2D eigenvalue weighted by molar-refractivity contribution is -0.143. The van der Waals surface area contributed by atoms with Crippen LogP contribution >= 0.6 is 0 Å². The molecule has 1 amide bonds. The van der Waals surface area contributed by atoms with Gasteiger partial charge in [-0.15, -0.1) is 0 Å². The zero-order chi connectivity index (χ0) is 50.0. The Labute approximate surface area is 431 Å². The molecule has 408 valence electrons. The summed E-state index contributed by atoms with van der Waals surface area (Å²) in [6.45, 7) is 4.89. The van der Waals surface area contributed by atoms with Crippen molar-refractivity contribution in [2.75, 3.05) is 13.2 Å². The van der Waals surface area contributed by atoms with Crippen LogP contribution in [0.2, 0.25) is 0 Å². The van der Waals surface area contributed by atoms with Gasteiger partial charge in [-0.25, -0.2) is 0 Å². The number of carbonyl (C=O) groups excluding carboxylic acids is 2. The van der Waals surface area contributed by atoms with Gasteiger partial charge in [-0.1, -0.05) is 295 Å². The van der Waals surface area contributed by atoms with E-state index in [0.29, 0.717) is 19.4 Å². The molecule has 0 saturated carbocycles. The number of amides is 1. The van der Waals surface area contributed by atoms with Gasteiger partial charge in [0.05, 0.1) is 25.4 Å². The van der Waals surface area contributed by atoms with Crippen LogP contribution in [0.5, 0.6) is 0 Å². The molecule has 0 radical (unpaired) electrons. The first-order chi connectivity index (χ1) is 34.0. The van der Waals surface area contributed by atoms with Crippen LogP contribution in [0.15, 0.2) is 24.3 Å². The molecule has 0 fully saturated rings. The van der Waals surface area contributed by atoms with Gasteiger partial charge >= 0.3 is 5.97 Å². The highest BCUT2D eigenvalue weighted by atomic mass is 16.5. The minimum Gasteiger partial charge on any atom is -0.466 e. The molecule has 0 bridgehead atoms. The van der Waals surface area contributed by atoms with Gasteiger partial charge in [0, 0.05) is 12.8 Å². The van der Waals surface area contributed by atoms with Crippen molar-refractivity contribution in [2.45, 2.75) is 353 Å². The maximum Gasteiger partial charge on any atom is 0.305 e. The maximum absolute atomic E-state index is 12.5. The highest BCUT2D eigenvalue weighted by molar-refractivity contribution is 5.76. The zero-order valence-corrected chi connectivity index (χ0v) is 46.6. The Morgan fingerprint density at radius 3 is 1.03 bits per heavy atom. The highest BCUT2D eigenvalue weighted by Gasteiger charge is 2.18. The molecule has 0 aliphatic rings. The molecular formula is C63H121NO5. The second-order valence-corrected chi connectivity index (χ2v) is 21.4. The van der Waals surface area contributed by atoms with Crippen molar-refractivity contribution in [1.82, 2.24) is 5.32 Å². The molecule has 2 unspecified atom stereocenters. The summed E-state index contributed by atoms with van der Waals surface area (Å²) in [5.41, 5.74) is 0. The minimum atomic E-state index is -0.853. The SMILES string of the molecule is CCCCCCC/C=C\CCCCCCCC(=O)OCCCCCCCCCCCCCCCCC(=O)NC(CO)C(O)/C=C/CCCCCCCCCCCCCCCCCCCCCCCC. The molecule has 3 N–H and O–H groups in total. The van der Waals surface area contributed by atoms with E-state index in [0.717, 1.165) is 57.8 Å². The first-order valence-electron chi connectivity index (χ1n) is 31.1. The summed E-state index contributed by atoms with van der Waals surface area (Å²) in [7, 11) is 0. The van der Waals surface area contributed by atoms with E-state index in [1.807, 2.05) is 6.08 Å². The van der Waals surface area contributed by atoms with Crippen molar-refractivity contribution >= 4 is 11.9 Å². The van der Waals surface area contributed by atoms with Gasteiger partial charge in [-0.05, 0) is 57.8 Å². The number of aliphatic hydroxyl groups excluding tert-OH is 2. The van der Waals surface area contributed by atoms with Gasteiger partial charge in [0.1, 0.15) is 0 Å². The van der Waals surface area contributed by atoms with Crippen LogP contribution in [-0.2, 0) is 14.3 Å². The highest BCUT2D eigenvalue weighted by Crippen LogP contribution is 2.18. The van der Waals surface area contributed by atoms with E-state index in [2.05, 4.69) is 31.3 Å². The Kier molecular flexibility index (Phi) is 57.5. The summed E-state index contributed by atoms with van der Waals surface area (Å²) < 4.78 is 5.47. The summed E-state index contributed by atoms with van der Waals surface area (Å²) in [6.07, 6.45) is 72.1. The quantitative estimate of drug-likeness (QED) is 0.0321. The van der Waals surface area contributed by atoms with E-state index < -0.39 is 12.1 Å². The van der Waals surface area contributed by atoms with Crippen molar-refractivity contribution in [3.05, 3.63) is 24.3 Å². The lowest BCUT2D eigenvalue weighted by Crippen LogP contribution is -2.45. The fourth-order valence-corrected chi connectivity index (χ4v) is 9.69. The number of hydrogen-bond donors (Lipinski definition) is 3. The van der Waals surface area contributed by atoms with E-state index in [1.54, 1.807) is 6.08 Å². The fraction of sp³-hybridized carbons (Fsp3) is 0.905. The largest absolute Gasteiger partial charge is 0.466 e. The van der Waals surface area contributed by atoms with Crippen LogP contribution < -0.4 is 5.32 Å². The summed E-state index contributed by atoms with van der Waals surface area (Å²) >= 11 is 0. The van der Waals surface area contributed by atoms with E-state index in [4.69, 9.17) is 4.74 Å². The molecule has 0 aliphatic carbocycles. The Balaban J connectivity index is 3.47. The molecule has 2 atom stereocenters. The molecule has 0 aliphatic heterocycles. The number of esters is 1.